The molecular weight excluding hydrogens is 384 g/mol. The Bertz CT molecular complexity index is 1010. The van der Waals surface area contributed by atoms with Gasteiger partial charge in [0.05, 0.1) is 18.7 Å². The van der Waals surface area contributed by atoms with Gasteiger partial charge < -0.3 is 15.4 Å². The van der Waals surface area contributed by atoms with Crippen molar-refractivity contribution in [1.29, 1.82) is 5.26 Å². The van der Waals surface area contributed by atoms with Gasteiger partial charge in [-0.2, -0.15) is 5.26 Å². The molecule has 4 amide bonds. The lowest BCUT2D eigenvalue weighted by atomic mass is 9.87. The summed E-state index contributed by atoms with van der Waals surface area (Å²) in [6.45, 7) is 3.30. The van der Waals surface area contributed by atoms with Crippen molar-refractivity contribution in [3.05, 3.63) is 59.7 Å². The molecule has 8 nitrogen and oxygen atoms in total. The van der Waals surface area contributed by atoms with Gasteiger partial charge in [0.25, 0.3) is 5.91 Å². The number of hydrogen-bond donors (Lipinski definition) is 2. The van der Waals surface area contributed by atoms with Gasteiger partial charge in [0.2, 0.25) is 5.91 Å². The Morgan fingerprint density at radius 1 is 1.20 bits per heavy atom. The molecule has 1 heterocycles. The SMILES string of the molecule is CC[C@@]1(c2ccc(OC)cc2)NC(=O)N([C@H](C)C(=O)Nc2ccc(C#N)cc2)C1=O. The minimum absolute atomic E-state index is 0.324. The van der Waals surface area contributed by atoms with E-state index in [9.17, 15) is 14.4 Å². The molecule has 1 aliphatic rings. The minimum Gasteiger partial charge on any atom is -0.497 e. The monoisotopic (exact) mass is 406 g/mol. The first kappa shape index (κ1) is 20.9. The number of urea groups is 1. The van der Waals surface area contributed by atoms with Crippen molar-refractivity contribution in [2.75, 3.05) is 12.4 Å². The van der Waals surface area contributed by atoms with Crippen LogP contribution in [0, 0.1) is 11.3 Å². The zero-order chi connectivity index (χ0) is 21.9. The van der Waals surface area contributed by atoms with Gasteiger partial charge in [-0.25, -0.2) is 9.69 Å². The number of anilines is 1. The van der Waals surface area contributed by atoms with Gasteiger partial charge in [-0.1, -0.05) is 19.1 Å². The molecule has 1 aliphatic heterocycles. The van der Waals surface area contributed by atoms with Crippen molar-refractivity contribution in [2.45, 2.75) is 31.8 Å². The van der Waals surface area contributed by atoms with Gasteiger partial charge in [-0.15, -0.1) is 0 Å². The number of nitrogens with zero attached hydrogens (tertiary/aromatic N) is 2. The molecule has 0 unspecified atom stereocenters. The molecule has 0 radical (unpaired) electrons. The molecule has 30 heavy (non-hydrogen) atoms. The van der Waals surface area contributed by atoms with Crippen LogP contribution >= 0.6 is 0 Å². The largest absolute Gasteiger partial charge is 0.497 e. The van der Waals surface area contributed by atoms with Crippen molar-refractivity contribution in [1.82, 2.24) is 10.2 Å². The average molecular weight is 406 g/mol. The van der Waals surface area contributed by atoms with E-state index in [1.54, 1.807) is 62.6 Å². The van der Waals surface area contributed by atoms with E-state index in [1.165, 1.54) is 6.92 Å². The molecule has 2 aromatic rings. The number of nitrogens with one attached hydrogen (secondary N) is 2. The van der Waals surface area contributed by atoms with Gasteiger partial charge in [0.1, 0.15) is 17.3 Å². The zero-order valence-electron chi connectivity index (χ0n) is 16.9. The predicted molar refractivity (Wildman–Crippen MR) is 110 cm³/mol. The third kappa shape index (κ3) is 3.57. The summed E-state index contributed by atoms with van der Waals surface area (Å²) in [6.07, 6.45) is 0.324. The van der Waals surface area contributed by atoms with Gasteiger partial charge >= 0.3 is 6.03 Å². The minimum atomic E-state index is -1.24. The van der Waals surface area contributed by atoms with E-state index in [0.29, 0.717) is 29.0 Å². The second-order valence-electron chi connectivity index (χ2n) is 6.95. The van der Waals surface area contributed by atoms with Crippen LogP contribution in [0.2, 0.25) is 0 Å². The second kappa shape index (κ2) is 8.25. The van der Waals surface area contributed by atoms with E-state index >= 15 is 0 Å². The fourth-order valence-electron chi connectivity index (χ4n) is 3.45. The van der Waals surface area contributed by atoms with Crippen molar-refractivity contribution in [3.63, 3.8) is 0 Å². The molecule has 2 aromatic carbocycles. The number of amides is 4. The van der Waals surface area contributed by atoms with E-state index < -0.39 is 29.4 Å². The maximum absolute atomic E-state index is 13.3. The quantitative estimate of drug-likeness (QED) is 0.717. The first-order valence-electron chi connectivity index (χ1n) is 9.47. The molecule has 2 N–H and O–H groups in total. The normalized spacial score (nSPS) is 19.1. The third-order valence-corrected chi connectivity index (χ3v) is 5.28. The lowest BCUT2D eigenvalue weighted by molar-refractivity contribution is -0.136. The Labute approximate surface area is 174 Å². The number of carbonyl (C=O) groups excluding carboxylic acids is 3. The van der Waals surface area contributed by atoms with Crippen molar-refractivity contribution in [3.8, 4) is 11.8 Å². The summed E-state index contributed by atoms with van der Waals surface area (Å²) in [5.74, 6) is -0.360. The molecular formula is C22H22N4O4. The Kier molecular flexibility index (Phi) is 5.74. The van der Waals surface area contributed by atoms with Crippen LogP contribution in [0.3, 0.4) is 0 Å². The molecule has 1 saturated heterocycles. The first-order chi connectivity index (χ1) is 14.4. The second-order valence-corrected chi connectivity index (χ2v) is 6.95. The van der Waals surface area contributed by atoms with E-state index in [4.69, 9.17) is 10.00 Å². The van der Waals surface area contributed by atoms with Gasteiger partial charge in [0, 0.05) is 5.69 Å². The summed E-state index contributed by atoms with van der Waals surface area (Å²) in [4.78, 5) is 39.6. The lowest BCUT2D eigenvalue weighted by Crippen LogP contribution is -2.47. The van der Waals surface area contributed by atoms with Crippen LogP contribution in [0.5, 0.6) is 5.75 Å². The standard InChI is InChI=1S/C22H22N4O4/c1-4-22(16-7-11-18(30-3)12-8-16)20(28)26(21(29)25-22)14(2)19(27)24-17-9-5-15(13-23)6-10-17/h5-12,14H,4H2,1-3H3,(H,24,27)(H,25,29)/t14-,22+/m1/s1. The molecule has 0 bridgehead atoms. The zero-order valence-corrected chi connectivity index (χ0v) is 16.9. The van der Waals surface area contributed by atoms with E-state index in [0.717, 1.165) is 4.90 Å². The maximum atomic E-state index is 13.3. The van der Waals surface area contributed by atoms with E-state index in [-0.39, 0.29) is 0 Å². The third-order valence-electron chi connectivity index (χ3n) is 5.28. The van der Waals surface area contributed by atoms with Crippen LogP contribution in [0.1, 0.15) is 31.4 Å². The summed E-state index contributed by atoms with van der Waals surface area (Å²) in [7, 11) is 1.54. The summed E-state index contributed by atoms with van der Waals surface area (Å²) < 4.78 is 5.15. The number of ether oxygens (including phenoxy) is 1. The highest BCUT2D eigenvalue weighted by Crippen LogP contribution is 2.34. The summed E-state index contributed by atoms with van der Waals surface area (Å²) in [5.41, 5.74) is 0.301. The fraction of sp³-hybridized carbons (Fsp3) is 0.273. The summed E-state index contributed by atoms with van der Waals surface area (Å²) in [6, 6.07) is 13.5. The number of benzene rings is 2. The van der Waals surface area contributed by atoms with Crippen LogP contribution < -0.4 is 15.4 Å². The number of carbonyl (C=O) groups is 3. The molecule has 0 aromatic heterocycles. The lowest BCUT2D eigenvalue weighted by Gasteiger charge is -2.27. The van der Waals surface area contributed by atoms with Gasteiger partial charge in [0.15, 0.2) is 0 Å². The molecule has 0 spiro atoms. The van der Waals surface area contributed by atoms with Crippen LogP contribution in [0.4, 0.5) is 10.5 Å². The Morgan fingerprint density at radius 2 is 1.83 bits per heavy atom. The number of nitriles is 1. The Hall–Kier alpha value is -3.86. The van der Waals surface area contributed by atoms with Crippen molar-refractivity contribution < 1.29 is 19.1 Å². The summed E-state index contributed by atoms with van der Waals surface area (Å²) >= 11 is 0. The highest BCUT2D eigenvalue weighted by atomic mass is 16.5. The van der Waals surface area contributed by atoms with Crippen LogP contribution in [-0.4, -0.2) is 35.9 Å². The fourth-order valence-corrected chi connectivity index (χ4v) is 3.45. The molecule has 154 valence electrons. The van der Waals surface area contributed by atoms with Crippen molar-refractivity contribution >= 4 is 23.5 Å². The maximum Gasteiger partial charge on any atom is 0.326 e. The topological polar surface area (TPSA) is 112 Å². The Morgan fingerprint density at radius 3 is 2.37 bits per heavy atom. The van der Waals surface area contributed by atoms with Crippen LogP contribution in [0.15, 0.2) is 48.5 Å². The van der Waals surface area contributed by atoms with Crippen LogP contribution in [-0.2, 0) is 15.1 Å². The van der Waals surface area contributed by atoms with Crippen LogP contribution in [0.25, 0.3) is 0 Å². The van der Waals surface area contributed by atoms with E-state index in [1.807, 2.05) is 6.07 Å². The van der Waals surface area contributed by atoms with Gasteiger partial charge in [-0.3, -0.25) is 9.59 Å². The number of methoxy groups -OCH3 is 1. The molecule has 0 saturated carbocycles. The van der Waals surface area contributed by atoms with Crippen molar-refractivity contribution in [2.24, 2.45) is 0 Å². The molecule has 2 atom stereocenters. The van der Waals surface area contributed by atoms with E-state index in [2.05, 4.69) is 10.6 Å². The first-order valence-corrected chi connectivity index (χ1v) is 9.47. The molecule has 1 fully saturated rings. The van der Waals surface area contributed by atoms with Gasteiger partial charge in [-0.05, 0) is 55.3 Å². The highest BCUT2D eigenvalue weighted by Gasteiger charge is 2.53. The predicted octanol–water partition coefficient (Wildman–Crippen LogP) is 2.75. The Balaban J connectivity index is 1.82. The smallest absolute Gasteiger partial charge is 0.326 e. The summed E-state index contributed by atoms with van der Waals surface area (Å²) in [5, 5.41) is 14.3. The number of hydrogen-bond acceptors (Lipinski definition) is 5. The number of imide groups is 1. The molecule has 0 aliphatic carbocycles. The highest BCUT2D eigenvalue weighted by molar-refractivity contribution is 6.11. The molecule has 8 heteroatoms. The molecule has 3 rings (SSSR count). The average Bonchev–Trinajstić information content (AvgIpc) is 3.04. The number of rotatable bonds is 6.